The van der Waals surface area contributed by atoms with Gasteiger partial charge in [-0.15, -0.1) is 0 Å². The van der Waals surface area contributed by atoms with E-state index in [2.05, 4.69) is 16.3 Å². The minimum atomic E-state index is -0.113. The number of nitrogens with one attached hydrogen (secondary N) is 1. The molecule has 1 aliphatic heterocycles. The Morgan fingerprint density at radius 3 is 2.58 bits per heavy atom. The van der Waals surface area contributed by atoms with Crippen molar-refractivity contribution in [1.82, 2.24) is 9.80 Å². The summed E-state index contributed by atoms with van der Waals surface area (Å²) in [6.07, 6.45) is 0.923. The minimum absolute atomic E-state index is 0.113. The summed E-state index contributed by atoms with van der Waals surface area (Å²) in [6.45, 7) is 3.98. The Kier molecular flexibility index (Phi) is 6.11. The smallest absolute Gasteiger partial charge is 0.321 e. The van der Waals surface area contributed by atoms with Gasteiger partial charge in [0.25, 0.3) is 0 Å². The summed E-state index contributed by atoms with van der Waals surface area (Å²) in [6, 6.07) is 16.9. The topological polar surface area (TPSA) is 59.4 Å². The zero-order valence-electron chi connectivity index (χ0n) is 14.5. The number of anilines is 1. The number of nitriles is 1. The third-order valence-electron chi connectivity index (χ3n) is 4.48. The Bertz CT molecular complexity index is 800. The Balaban J connectivity index is 1.55. The number of para-hydroxylation sites is 1. The van der Waals surface area contributed by atoms with E-state index in [1.165, 1.54) is 5.56 Å². The Labute approximate surface area is 158 Å². The second-order valence-corrected chi connectivity index (χ2v) is 6.74. The van der Waals surface area contributed by atoms with Crippen LogP contribution in [0.25, 0.3) is 0 Å². The molecule has 0 unspecified atom stereocenters. The second kappa shape index (κ2) is 8.70. The molecule has 134 valence electrons. The fraction of sp³-hybridized carbons (Fsp3) is 0.300. The van der Waals surface area contributed by atoms with Gasteiger partial charge in [0.05, 0.1) is 22.3 Å². The van der Waals surface area contributed by atoms with Crippen LogP contribution in [0.2, 0.25) is 5.02 Å². The maximum Gasteiger partial charge on any atom is 0.321 e. The summed E-state index contributed by atoms with van der Waals surface area (Å²) in [4.78, 5) is 16.7. The van der Waals surface area contributed by atoms with Crippen LogP contribution in [0.4, 0.5) is 10.5 Å². The van der Waals surface area contributed by atoms with Crippen molar-refractivity contribution in [3.63, 3.8) is 0 Å². The molecule has 0 radical (unpaired) electrons. The van der Waals surface area contributed by atoms with Gasteiger partial charge >= 0.3 is 6.03 Å². The molecule has 1 heterocycles. The number of hydrogen-bond acceptors (Lipinski definition) is 3. The van der Waals surface area contributed by atoms with Gasteiger partial charge in [-0.25, -0.2) is 4.79 Å². The molecule has 0 bridgehead atoms. The standard InChI is InChI=1S/C20H21ClN4O/c21-18-4-1-2-5-19(18)23-20(26)25-11-3-10-24(12-13-25)15-17-8-6-16(14-22)7-9-17/h1-2,4-9H,3,10-13,15H2,(H,23,26). The van der Waals surface area contributed by atoms with Gasteiger partial charge in [-0.2, -0.15) is 5.26 Å². The first-order valence-electron chi connectivity index (χ1n) is 8.67. The summed E-state index contributed by atoms with van der Waals surface area (Å²) in [7, 11) is 0. The molecule has 0 saturated carbocycles. The lowest BCUT2D eigenvalue weighted by molar-refractivity contribution is 0.211. The van der Waals surface area contributed by atoms with Gasteiger partial charge in [-0.05, 0) is 36.2 Å². The van der Waals surface area contributed by atoms with E-state index in [4.69, 9.17) is 16.9 Å². The molecule has 2 amide bonds. The maximum absolute atomic E-state index is 12.5. The van der Waals surface area contributed by atoms with Gasteiger partial charge in [-0.1, -0.05) is 35.9 Å². The lowest BCUT2D eigenvalue weighted by atomic mass is 10.1. The maximum atomic E-state index is 12.5. The highest BCUT2D eigenvalue weighted by atomic mass is 35.5. The number of hydrogen-bond donors (Lipinski definition) is 1. The van der Waals surface area contributed by atoms with Crippen LogP contribution in [0.1, 0.15) is 17.5 Å². The molecule has 1 saturated heterocycles. The fourth-order valence-electron chi connectivity index (χ4n) is 3.03. The fourth-order valence-corrected chi connectivity index (χ4v) is 3.21. The van der Waals surface area contributed by atoms with Crippen LogP contribution in [0.15, 0.2) is 48.5 Å². The largest absolute Gasteiger partial charge is 0.323 e. The number of halogens is 1. The second-order valence-electron chi connectivity index (χ2n) is 6.34. The molecule has 1 N–H and O–H groups in total. The highest BCUT2D eigenvalue weighted by Crippen LogP contribution is 2.21. The first-order chi connectivity index (χ1) is 12.7. The molecule has 2 aromatic carbocycles. The van der Waals surface area contributed by atoms with E-state index in [0.29, 0.717) is 22.8 Å². The Hall–Kier alpha value is -2.55. The van der Waals surface area contributed by atoms with Crippen LogP contribution in [0.3, 0.4) is 0 Å². The van der Waals surface area contributed by atoms with Crippen molar-refractivity contribution >= 4 is 23.3 Å². The van der Waals surface area contributed by atoms with E-state index in [9.17, 15) is 4.79 Å². The SMILES string of the molecule is N#Cc1ccc(CN2CCCN(C(=O)Nc3ccccc3Cl)CC2)cc1. The van der Waals surface area contributed by atoms with Crippen molar-refractivity contribution in [3.8, 4) is 6.07 Å². The van der Waals surface area contributed by atoms with E-state index < -0.39 is 0 Å². The van der Waals surface area contributed by atoms with E-state index >= 15 is 0 Å². The van der Waals surface area contributed by atoms with E-state index in [1.807, 2.05) is 41.3 Å². The third-order valence-corrected chi connectivity index (χ3v) is 4.81. The van der Waals surface area contributed by atoms with Crippen molar-refractivity contribution in [3.05, 3.63) is 64.7 Å². The minimum Gasteiger partial charge on any atom is -0.323 e. The summed E-state index contributed by atoms with van der Waals surface area (Å²) in [5, 5.41) is 12.3. The van der Waals surface area contributed by atoms with Crippen molar-refractivity contribution in [2.45, 2.75) is 13.0 Å². The monoisotopic (exact) mass is 368 g/mol. The molecule has 2 aromatic rings. The number of rotatable bonds is 3. The first kappa shape index (κ1) is 18.2. The average Bonchev–Trinajstić information content (AvgIpc) is 2.90. The van der Waals surface area contributed by atoms with Crippen molar-refractivity contribution in [1.29, 1.82) is 5.26 Å². The van der Waals surface area contributed by atoms with Crippen LogP contribution in [0.5, 0.6) is 0 Å². The van der Waals surface area contributed by atoms with Gasteiger partial charge in [0.15, 0.2) is 0 Å². The van der Waals surface area contributed by atoms with Crippen LogP contribution in [-0.4, -0.2) is 42.0 Å². The number of benzene rings is 2. The normalized spacial score (nSPS) is 15.2. The summed E-state index contributed by atoms with van der Waals surface area (Å²) in [5.41, 5.74) is 2.49. The van der Waals surface area contributed by atoms with E-state index in [0.717, 1.165) is 32.6 Å². The number of carbonyl (C=O) groups is 1. The molecule has 5 nitrogen and oxygen atoms in total. The molecule has 3 rings (SSSR count). The van der Waals surface area contributed by atoms with Gasteiger partial charge in [0, 0.05) is 32.7 Å². The van der Waals surface area contributed by atoms with E-state index in [-0.39, 0.29) is 6.03 Å². The predicted octanol–water partition coefficient (Wildman–Crippen LogP) is 3.95. The van der Waals surface area contributed by atoms with Crippen molar-refractivity contribution in [2.24, 2.45) is 0 Å². The highest BCUT2D eigenvalue weighted by Gasteiger charge is 2.19. The molecule has 0 atom stereocenters. The molecular weight excluding hydrogens is 348 g/mol. The molecule has 26 heavy (non-hydrogen) atoms. The van der Waals surface area contributed by atoms with E-state index in [1.54, 1.807) is 12.1 Å². The number of nitrogens with zero attached hydrogens (tertiary/aromatic N) is 3. The zero-order chi connectivity index (χ0) is 18.4. The van der Waals surface area contributed by atoms with Crippen LogP contribution in [0, 0.1) is 11.3 Å². The Morgan fingerprint density at radius 1 is 1.08 bits per heavy atom. The third kappa shape index (κ3) is 4.75. The lowest BCUT2D eigenvalue weighted by Crippen LogP contribution is -2.38. The van der Waals surface area contributed by atoms with Gasteiger partial charge in [0.1, 0.15) is 0 Å². The molecule has 1 fully saturated rings. The molecular formula is C20H21ClN4O. The summed E-state index contributed by atoms with van der Waals surface area (Å²) in [5.74, 6) is 0. The van der Waals surface area contributed by atoms with Crippen molar-refractivity contribution < 1.29 is 4.79 Å². The summed E-state index contributed by atoms with van der Waals surface area (Å²) < 4.78 is 0. The first-order valence-corrected chi connectivity index (χ1v) is 9.05. The number of amides is 2. The van der Waals surface area contributed by atoms with Crippen molar-refractivity contribution in [2.75, 3.05) is 31.5 Å². The lowest BCUT2D eigenvalue weighted by Gasteiger charge is -2.22. The Morgan fingerprint density at radius 2 is 1.85 bits per heavy atom. The highest BCUT2D eigenvalue weighted by molar-refractivity contribution is 6.33. The van der Waals surface area contributed by atoms with Gasteiger partial charge in [0.2, 0.25) is 0 Å². The zero-order valence-corrected chi connectivity index (χ0v) is 15.2. The quantitative estimate of drug-likeness (QED) is 0.892. The van der Waals surface area contributed by atoms with Gasteiger partial charge in [-0.3, -0.25) is 4.90 Å². The predicted molar refractivity (Wildman–Crippen MR) is 103 cm³/mol. The van der Waals surface area contributed by atoms with Gasteiger partial charge < -0.3 is 10.2 Å². The summed E-state index contributed by atoms with van der Waals surface area (Å²) >= 11 is 6.11. The molecule has 0 aromatic heterocycles. The van der Waals surface area contributed by atoms with Crippen LogP contribution in [-0.2, 0) is 6.54 Å². The van der Waals surface area contributed by atoms with Crippen LogP contribution >= 0.6 is 11.6 Å². The molecule has 0 spiro atoms. The molecule has 1 aliphatic rings. The number of carbonyl (C=O) groups excluding carboxylic acids is 1. The van der Waals surface area contributed by atoms with Crippen LogP contribution < -0.4 is 5.32 Å². The molecule has 6 heteroatoms. The molecule has 0 aliphatic carbocycles. The number of urea groups is 1. The average molecular weight is 369 g/mol.